The Morgan fingerprint density at radius 3 is 1.82 bits per heavy atom. The molecular weight excluding hydrogens is 371 g/mol. The number of piperazine rings is 1. The maximum atomic E-state index is 12.6. The third kappa shape index (κ3) is 3.74. The van der Waals surface area contributed by atoms with Gasteiger partial charge in [0.05, 0.1) is 10.6 Å². The predicted octanol–water partition coefficient (Wildman–Crippen LogP) is 1.65. The molecule has 0 amide bonds. The van der Waals surface area contributed by atoms with E-state index in [1.54, 1.807) is 6.92 Å². The van der Waals surface area contributed by atoms with Crippen molar-refractivity contribution in [3.05, 3.63) is 28.2 Å². The van der Waals surface area contributed by atoms with Gasteiger partial charge in [-0.05, 0) is 25.1 Å². The lowest BCUT2D eigenvalue weighted by atomic mass is 10.4. The third-order valence-corrected chi connectivity index (χ3v) is 7.62. The van der Waals surface area contributed by atoms with Crippen molar-refractivity contribution in [1.29, 1.82) is 0 Å². The molecule has 0 N–H and O–H groups in total. The molecule has 0 radical (unpaired) electrons. The summed E-state index contributed by atoms with van der Waals surface area (Å²) in [6.45, 7) is 2.05. The number of sulfonamides is 2. The van der Waals surface area contributed by atoms with Crippen LogP contribution in [0.1, 0.15) is 6.92 Å². The molecule has 6 nitrogen and oxygen atoms in total. The van der Waals surface area contributed by atoms with Crippen molar-refractivity contribution >= 4 is 43.2 Å². The van der Waals surface area contributed by atoms with Gasteiger partial charge in [0.25, 0.3) is 0 Å². The van der Waals surface area contributed by atoms with E-state index in [1.165, 1.54) is 26.8 Å². The lowest BCUT2D eigenvalue weighted by Crippen LogP contribution is -2.50. The van der Waals surface area contributed by atoms with Gasteiger partial charge < -0.3 is 0 Å². The number of halogens is 2. The fourth-order valence-corrected chi connectivity index (χ4v) is 5.43. The highest BCUT2D eigenvalue weighted by Crippen LogP contribution is 2.25. The molecule has 124 valence electrons. The Morgan fingerprint density at radius 1 is 0.909 bits per heavy atom. The van der Waals surface area contributed by atoms with Gasteiger partial charge in [0.1, 0.15) is 0 Å². The van der Waals surface area contributed by atoms with Crippen molar-refractivity contribution in [3.8, 4) is 0 Å². The van der Waals surface area contributed by atoms with E-state index in [1.807, 2.05) is 0 Å². The van der Waals surface area contributed by atoms with Crippen LogP contribution in [0.3, 0.4) is 0 Å². The summed E-state index contributed by atoms with van der Waals surface area (Å²) < 4.78 is 51.3. The summed E-state index contributed by atoms with van der Waals surface area (Å²) in [7, 11) is -7.04. The number of rotatable bonds is 4. The fourth-order valence-electron chi connectivity index (χ4n) is 2.20. The Labute approximate surface area is 140 Å². The lowest BCUT2D eigenvalue weighted by Gasteiger charge is -2.33. The van der Waals surface area contributed by atoms with Crippen molar-refractivity contribution < 1.29 is 16.8 Å². The third-order valence-electron chi connectivity index (χ3n) is 3.43. The van der Waals surface area contributed by atoms with Crippen molar-refractivity contribution in [1.82, 2.24) is 8.61 Å². The van der Waals surface area contributed by atoms with Gasteiger partial charge in [-0.3, -0.25) is 0 Å². The molecule has 0 aromatic heterocycles. The Morgan fingerprint density at radius 2 is 1.36 bits per heavy atom. The number of hydrogen-bond donors (Lipinski definition) is 0. The predicted molar refractivity (Wildman–Crippen MR) is 86.3 cm³/mol. The lowest BCUT2D eigenvalue weighted by molar-refractivity contribution is 0.273. The van der Waals surface area contributed by atoms with E-state index in [9.17, 15) is 16.8 Å². The molecule has 1 aromatic carbocycles. The molecule has 22 heavy (non-hydrogen) atoms. The first-order valence-electron chi connectivity index (χ1n) is 6.61. The minimum absolute atomic E-state index is 0.00362. The highest BCUT2D eigenvalue weighted by atomic mass is 35.5. The molecule has 1 fully saturated rings. The van der Waals surface area contributed by atoms with Gasteiger partial charge in [-0.1, -0.05) is 23.2 Å². The summed E-state index contributed by atoms with van der Waals surface area (Å²) in [5.41, 5.74) is 0. The van der Waals surface area contributed by atoms with Gasteiger partial charge in [-0.15, -0.1) is 0 Å². The van der Waals surface area contributed by atoms with E-state index < -0.39 is 20.0 Å². The number of benzene rings is 1. The van der Waals surface area contributed by atoms with E-state index in [2.05, 4.69) is 0 Å². The summed E-state index contributed by atoms with van der Waals surface area (Å²) >= 11 is 11.7. The largest absolute Gasteiger partial charge is 0.243 e. The first-order valence-corrected chi connectivity index (χ1v) is 10.4. The van der Waals surface area contributed by atoms with Crippen molar-refractivity contribution in [2.24, 2.45) is 0 Å². The first-order chi connectivity index (χ1) is 10.2. The molecule has 0 atom stereocenters. The monoisotopic (exact) mass is 386 g/mol. The van der Waals surface area contributed by atoms with Crippen LogP contribution in [0.4, 0.5) is 0 Å². The van der Waals surface area contributed by atoms with Gasteiger partial charge in [0, 0.05) is 36.2 Å². The maximum absolute atomic E-state index is 12.6. The van der Waals surface area contributed by atoms with Gasteiger partial charge >= 0.3 is 0 Å². The molecule has 1 aliphatic rings. The molecule has 2 rings (SSSR count). The smallest absolute Gasteiger partial charge is 0.212 e. The first kappa shape index (κ1) is 18.0. The second-order valence-electron chi connectivity index (χ2n) is 4.81. The second-order valence-corrected chi connectivity index (χ2v) is 9.88. The van der Waals surface area contributed by atoms with Crippen molar-refractivity contribution in [2.75, 3.05) is 31.9 Å². The van der Waals surface area contributed by atoms with E-state index in [0.29, 0.717) is 0 Å². The number of hydrogen-bond acceptors (Lipinski definition) is 4. The van der Waals surface area contributed by atoms with Crippen molar-refractivity contribution in [3.63, 3.8) is 0 Å². The average Bonchev–Trinajstić information content (AvgIpc) is 2.46. The minimum atomic E-state index is -3.74. The van der Waals surface area contributed by atoms with Crippen LogP contribution in [0.2, 0.25) is 10.0 Å². The maximum Gasteiger partial charge on any atom is 0.243 e. The van der Waals surface area contributed by atoms with Crippen LogP contribution in [0.15, 0.2) is 23.1 Å². The number of nitrogens with zero attached hydrogens (tertiary/aromatic N) is 2. The molecule has 1 aliphatic heterocycles. The van der Waals surface area contributed by atoms with Crippen LogP contribution in [-0.2, 0) is 20.0 Å². The van der Waals surface area contributed by atoms with Crippen LogP contribution < -0.4 is 0 Å². The van der Waals surface area contributed by atoms with Crippen LogP contribution >= 0.6 is 23.2 Å². The molecule has 0 unspecified atom stereocenters. The molecule has 10 heteroatoms. The molecular formula is C12H16Cl2N2O4S2. The van der Waals surface area contributed by atoms with Crippen LogP contribution in [-0.4, -0.2) is 57.4 Å². The van der Waals surface area contributed by atoms with Crippen LogP contribution in [0.5, 0.6) is 0 Å². The Balaban J connectivity index is 2.20. The molecule has 0 aliphatic carbocycles. The Kier molecular flexibility index (Phi) is 5.41. The Bertz CT molecular complexity index is 737. The average molecular weight is 387 g/mol. The summed E-state index contributed by atoms with van der Waals surface area (Å²) in [6.07, 6.45) is 0. The minimum Gasteiger partial charge on any atom is -0.212 e. The highest BCUT2D eigenvalue weighted by molar-refractivity contribution is 7.89. The molecule has 1 aromatic rings. The highest BCUT2D eigenvalue weighted by Gasteiger charge is 2.32. The zero-order valence-corrected chi connectivity index (χ0v) is 15.0. The standard InChI is InChI=1S/C12H16Cl2N2O4S2/c1-2-21(17,18)15-3-5-16(6-4-15)22(19,20)12-8-10(13)7-11(14)9-12/h7-9H,2-6H2,1H3. The fraction of sp³-hybridized carbons (Fsp3) is 0.500. The topological polar surface area (TPSA) is 74.8 Å². The van der Waals surface area contributed by atoms with E-state index in [-0.39, 0.29) is 46.9 Å². The van der Waals surface area contributed by atoms with Crippen LogP contribution in [0.25, 0.3) is 0 Å². The van der Waals surface area contributed by atoms with Gasteiger partial charge in [0.15, 0.2) is 0 Å². The molecule has 0 spiro atoms. The summed E-state index contributed by atoms with van der Waals surface area (Å²) in [4.78, 5) is 0.0109. The molecule has 0 bridgehead atoms. The molecule has 0 saturated carbocycles. The van der Waals surface area contributed by atoms with Gasteiger partial charge in [-0.25, -0.2) is 16.8 Å². The normalized spacial score (nSPS) is 18.5. The van der Waals surface area contributed by atoms with E-state index in [0.717, 1.165) is 0 Å². The zero-order valence-electron chi connectivity index (χ0n) is 11.9. The quantitative estimate of drug-likeness (QED) is 0.788. The van der Waals surface area contributed by atoms with E-state index in [4.69, 9.17) is 23.2 Å². The SMILES string of the molecule is CCS(=O)(=O)N1CCN(S(=O)(=O)c2cc(Cl)cc(Cl)c2)CC1. The molecule has 1 saturated heterocycles. The Hall–Kier alpha value is -0.380. The zero-order chi connectivity index (χ0) is 16.5. The molecule has 1 heterocycles. The van der Waals surface area contributed by atoms with Gasteiger partial charge in [0.2, 0.25) is 20.0 Å². The van der Waals surface area contributed by atoms with Crippen LogP contribution in [0, 0.1) is 0 Å². The summed E-state index contributed by atoms with van der Waals surface area (Å²) in [5.74, 6) is 0.00362. The van der Waals surface area contributed by atoms with Crippen molar-refractivity contribution in [2.45, 2.75) is 11.8 Å². The summed E-state index contributed by atoms with van der Waals surface area (Å²) in [6, 6.07) is 4.11. The summed E-state index contributed by atoms with van der Waals surface area (Å²) in [5, 5.41) is 0.469. The van der Waals surface area contributed by atoms with E-state index >= 15 is 0 Å². The second kappa shape index (κ2) is 6.62. The van der Waals surface area contributed by atoms with Gasteiger partial charge in [-0.2, -0.15) is 8.61 Å².